The third-order valence-electron chi connectivity index (χ3n) is 5.76. The maximum Gasteiger partial charge on any atom is 0.500 e. The summed E-state index contributed by atoms with van der Waals surface area (Å²) < 4.78 is 36.2. The van der Waals surface area contributed by atoms with Gasteiger partial charge in [0, 0.05) is 51.7 Å². The van der Waals surface area contributed by atoms with E-state index in [0.29, 0.717) is 39.6 Å². The monoisotopic (exact) mass is 586 g/mol. The van der Waals surface area contributed by atoms with E-state index >= 15 is 0 Å². The molecule has 0 aromatic rings. The fourth-order valence-electron chi connectivity index (χ4n) is 4.64. The Balaban J connectivity index is 4.65. The number of unbranched alkanes of at least 4 members (excludes halogenated alkanes) is 2. The molecular formula is C24H58O6SSi4. The molecule has 35 heavy (non-hydrogen) atoms. The highest BCUT2D eigenvalue weighted by Gasteiger charge is 2.41. The predicted octanol–water partition coefficient (Wildman–Crippen LogP) is 7.79. The van der Waals surface area contributed by atoms with E-state index in [1.165, 1.54) is 24.9 Å². The molecule has 0 fully saturated rings. The third-order valence-corrected chi connectivity index (χ3v) is 30.8. The molecule has 0 unspecified atom stereocenters. The molecule has 11 heteroatoms. The fourth-order valence-corrected chi connectivity index (χ4v) is 35.2. The second-order valence-electron chi connectivity index (χ2n) is 10.00. The van der Waals surface area contributed by atoms with Crippen LogP contribution < -0.4 is 0 Å². The van der Waals surface area contributed by atoms with Crippen LogP contribution in [0.1, 0.15) is 67.2 Å². The van der Waals surface area contributed by atoms with E-state index in [1.807, 2.05) is 41.5 Å². The Morgan fingerprint density at radius 2 is 0.629 bits per heavy atom. The first-order valence-corrected chi connectivity index (χ1v) is 26.6. The molecule has 0 rings (SSSR count). The van der Waals surface area contributed by atoms with E-state index in [1.54, 1.807) is 0 Å². The van der Waals surface area contributed by atoms with Gasteiger partial charge in [-0.2, -0.15) is 0 Å². The van der Waals surface area contributed by atoms with Gasteiger partial charge in [0.25, 0.3) is 0 Å². The molecule has 0 amide bonds. The first kappa shape index (κ1) is 36.0. The lowest BCUT2D eigenvalue weighted by molar-refractivity contribution is 0.0699. The zero-order valence-corrected chi connectivity index (χ0v) is 29.6. The minimum atomic E-state index is -2.50. The molecule has 0 spiro atoms. The van der Waals surface area contributed by atoms with E-state index < -0.39 is 32.1 Å². The fraction of sp³-hybridized carbons (Fsp3) is 1.00. The minimum absolute atomic E-state index is 0.658. The maximum absolute atomic E-state index is 6.03. The summed E-state index contributed by atoms with van der Waals surface area (Å²) in [6.07, 6.45) is 4.74. The average molecular weight is 587 g/mol. The number of hydrogen-bond donors (Lipinski definition) is 0. The summed E-state index contributed by atoms with van der Waals surface area (Å²) in [6.45, 7) is 26.4. The largest absolute Gasteiger partial charge is 0.500 e. The van der Waals surface area contributed by atoms with Gasteiger partial charge in [-0.1, -0.05) is 39.0 Å². The van der Waals surface area contributed by atoms with E-state index in [9.17, 15) is 0 Å². The van der Waals surface area contributed by atoms with Crippen LogP contribution in [0.4, 0.5) is 0 Å². The summed E-state index contributed by atoms with van der Waals surface area (Å²) in [5.74, 6) is 0. The lowest BCUT2D eigenvalue weighted by Gasteiger charge is -2.33. The molecule has 0 bridgehead atoms. The quantitative estimate of drug-likeness (QED) is 0.0845. The van der Waals surface area contributed by atoms with Gasteiger partial charge in [0.2, 0.25) is 0 Å². The molecule has 0 aliphatic rings. The summed E-state index contributed by atoms with van der Waals surface area (Å²) in [4.78, 5) is 0. The van der Waals surface area contributed by atoms with Gasteiger partial charge in [0.05, 0.1) is 0 Å². The molecule has 0 aromatic heterocycles. The summed E-state index contributed by atoms with van der Waals surface area (Å²) in [7, 11) is -5.25. The SMILES string of the molecule is CCO[Si](CCCC[Si](C)(C)S[Si](C)(C)CCCC[Si](OCC)(OCC)OCC)(OCC)OCC. The van der Waals surface area contributed by atoms with Gasteiger partial charge in [0.1, 0.15) is 14.4 Å². The maximum atomic E-state index is 6.03. The van der Waals surface area contributed by atoms with Crippen LogP contribution in [-0.2, 0) is 26.6 Å². The Kier molecular flexibility index (Phi) is 19.6. The van der Waals surface area contributed by atoms with Crippen LogP contribution in [0.15, 0.2) is 0 Å². The van der Waals surface area contributed by atoms with Crippen molar-refractivity contribution < 1.29 is 26.6 Å². The zero-order chi connectivity index (χ0) is 26.8. The Hall–Kier alpha value is 0.978. The highest BCUT2D eigenvalue weighted by molar-refractivity contribution is 8.49. The van der Waals surface area contributed by atoms with Crippen molar-refractivity contribution in [1.29, 1.82) is 0 Å². The molecule has 0 saturated heterocycles. The van der Waals surface area contributed by atoms with Crippen molar-refractivity contribution in [2.24, 2.45) is 0 Å². The van der Waals surface area contributed by atoms with Crippen molar-refractivity contribution in [3.63, 3.8) is 0 Å². The molecule has 0 aliphatic heterocycles. The van der Waals surface area contributed by atoms with Crippen molar-refractivity contribution in [3.8, 4) is 0 Å². The average Bonchev–Trinajstić information content (AvgIpc) is 2.75. The first-order chi connectivity index (χ1) is 16.5. The second kappa shape index (κ2) is 19.1. The van der Waals surface area contributed by atoms with Crippen LogP contribution in [0.25, 0.3) is 0 Å². The van der Waals surface area contributed by atoms with E-state index in [4.69, 9.17) is 26.6 Å². The molecule has 0 aliphatic carbocycles. The zero-order valence-electron chi connectivity index (χ0n) is 24.8. The van der Waals surface area contributed by atoms with E-state index in [0.717, 1.165) is 24.9 Å². The first-order valence-electron chi connectivity index (χ1n) is 14.0. The number of hydrogen-bond acceptors (Lipinski definition) is 7. The van der Waals surface area contributed by atoms with E-state index in [2.05, 4.69) is 36.8 Å². The highest BCUT2D eigenvalue weighted by Crippen LogP contribution is 2.38. The van der Waals surface area contributed by atoms with Crippen LogP contribution in [-0.4, -0.2) is 71.7 Å². The third kappa shape index (κ3) is 15.9. The second-order valence-corrected chi connectivity index (χ2v) is 32.8. The van der Waals surface area contributed by atoms with Gasteiger partial charge in [-0.05, 0) is 66.5 Å². The molecule has 0 radical (unpaired) electrons. The predicted molar refractivity (Wildman–Crippen MR) is 162 cm³/mol. The molecule has 0 saturated carbocycles. The summed E-state index contributed by atoms with van der Waals surface area (Å²) in [5, 5.41) is 0. The summed E-state index contributed by atoms with van der Waals surface area (Å²) >= 11 is 0. The number of rotatable bonds is 24. The lowest BCUT2D eigenvalue weighted by atomic mass is 10.4. The summed E-state index contributed by atoms with van der Waals surface area (Å²) in [5.41, 5.74) is 0. The van der Waals surface area contributed by atoms with E-state index in [-0.39, 0.29) is 0 Å². The van der Waals surface area contributed by atoms with Gasteiger partial charge in [-0.3, -0.25) is 0 Å². The molecule has 212 valence electrons. The van der Waals surface area contributed by atoms with Crippen LogP contribution in [0, 0.1) is 0 Å². The van der Waals surface area contributed by atoms with Gasteiger partial charge < -0.3 is 26.6 Å². The van der Waals surface area contributed by atoms with Gasteiger partial charge in [-0.25, -0.2) is 10.7 Å². The van der Waals surface area contributed by atoms with Crippen LogP contribution >= 0.6 is 10.7 Å². The Morgan fingerprint density at radius 1 is 0.400 bits per heavy atom. The van der Waals surface area contributed by atoms with Crippen LogP contribution in [0.2, 0.25) is 50.4 Å². The normalized spacial score (nSPS) is 13.5. The Bertz CT molecular complexity index is 450. The van der Waals surface area contributed by atoms with Crippen LogP contribution in [0.5, 0.6) is 0 Å². The molecule has 0 heterocycles. The van der Waals surface area contributed by atoms with Gasteiger partial charge >= 0.3 is 17.6 Å². The van der Waals surface area contributed by atoms with Crippen LogP contribution in [0.3, 0.4) is 0 Å². The molecule has 0 N–H and O–H groups in total. The highest BCUT2D eigenvalue weighted by atomic mass is 32.5. The molecule has 0 aromatic carbocycles. The van der Waals surface area contributed by atoms with Crippen molar-refractivity contribution in [3.05, 3.63) is 0 Å². The van der Waals surface area contributed by atoms with Crippen molar-refractivity contribution in [1.82, 2.24) is 0 Å². The van der Waals surface area contributed by atoms with Crippen molar-refractivity contribution in [2.75, 3.05) is 39.6 Å². The van der Waals surface area contributed by atoms with Crippen molar-refractivity contribution in [2.45, 2.75) is 118 Å². The lowest BCUT2D eigenvalue weighted by Crippen LogP contribution is -2.46. The minimum Gasteiger partial charge on any atom is -0.374 e. The Labute approximate surface area is 225 Å². The molecular weight excluding hydrogens is 529 g/mol. The van der Waals surface area contributed by atoms with Gasteiger partial charge in [0.15, 0.2) is 0 Å². The topological polar surface area (TPSA) is 55.4 Å². The van der Waals surface area contributed by atoms with Gasteiger partial charge in [-0.15, -0.1) is 0 Å². The molecule has 6 nitrogen and oxygen atoms in total. The Morgan fingerprint density at radius 3 is 0.857 bits per heavy atom. The molecule has 0 atom stereocenters. The standard InChI is InChI=1S/C24H58O6SSi4/c1-11-25-34(26-12-2,27-13-3)23-19-17-21-32(7,8)31-33(9,10)22-18-20-24-35(28-14-4,29-15-5)30-16-6/h11-24H2,1-10H3. The van der Waals surface area contributed by atoms with Crippen molar-refractivity contribution >= 4 is 42.7 Å². The summed E-state index contributed by atoms with van der Waals surface area (Å²) in [6, 6.07) is 4.56. The smallest absolute Gasteiger partial charge is 0.374 e.